The fourth-order valence-corrected chi connectivity index (χ4v) is 2.24. The molecule has 0 aliphatic carbocycles. The first-order valence-electron chi connectivity index (χ1n) is 6.72. The number of ether oxygens (including phenoxy) is 1. The van der Waals surface area contributed by atoms with Gasteiger partial charge in [-0.1, -0.05) is 6.42 Å². The molecular formula is C13H20ClN3O3. The van der Waals surface area contributed by atoms with Crippen molar-refractivity contribution >= 4 is 18.1 Å². The zero-order valence-electron chi connectivity index (χ0n) is 11.3. The van der Waals surface area contributed by atoms with E-state index in [1.165, 1.54) is 37.6 Å². The van der Waals surface area contributed by atoms with Crippen LogP contribution in [0.1, 0.15) is 32.1 Å². The van der Waals surface area contributed by atoms with Crippen LogP contribution >= 0.6 is 12.4 Å². The Kier molecular flexibility index (Phi) is 7.25. The van der Waals surface area contributed by atoms with Gasteiger partial charge in [0, 0.05) is 18.2 Å². The van der Waals surface area contributed by atoms with Gasteiger partial charge in [0.1, 0.15) is 6.20 Å². The third-order valence-electron chi connectivity index (χ3n) is 3.29. The van der Waals surface area contributed by atoms with Crippen molar-refractivity contribution in [1.82, 2.24) is 10.3 Å². The number of aromatic nitrogens is 1. The third-order valence-corrected chi connectivity index (χ3v) is 3.29. The van der Waals surface area contributed by atoms with Crippen LogP contribution in [0.5, 0.6) is 5.88 Å². The average molecular weight is 302 g/mol. The lowest BCUT2D eigenvalue weighted by atomic mass is 10.0. The van der Waals surface area contributed by atoms with Gasteiger partial charge in [0.15, 0.2) is 0 Å². The van der Waals surface area contributed by atoms with E-state index in [-0.39, 0.29) is 18.1 Å². The summed E-state index contributed by atoms with van der Waals surface area (Å²) in [7, 11) is 0. The maximum Gasteiger partial charge on any atom is 0.287 e. The summed E-state index contributed by atoms with van der Waals surface area (Å²) in [6.45, 7) is 1.72. The van der Waals surface area contributed by atoms with Gasteiger partial charge in [-0.05, 0) is 32.2 Å². The Morgan fingerprint density at radius 2 is 2.30 bits per heavy atom. The number of piperidine rings is 1. The normalized spacial score (nSPS) is 18.1. The molecule has 0 amide bonds. The Balaban J connectivity index is 0.00000200. The van der Waals surface area contributed by atoms with Crippen molar-refractivity contribution in [3.63, 3.8) is 0 Å². The fraction of sp³-hybridized carbons (Fsp3) is 0.615. The molecule has 0 spiro atoms. The van der Waals surface area contributed by atoms with Crippen LogP contribution in [-0.4, -0.2) is 29.1 Å². The maximum atomic E-state index is 10.5. The second kappa shape index (κ2) is 8.71. The minimum Gasteiger partial charge on any atom is -0.478 e. The lowest BCUT2D eigenvalue weighted by molar-refractivity contribution is -0.385. The van der Waals surface area contributed by atoms with Gasteiger partial charge in [-0.15, -0.1) is 12.4 Å². The summed E-state index contributed by atoms with van der Waals surface area (Å²) in [6, 6.07) is 3.56. The van der Waals surface area contributed by atoms with E-state index in [4.69, 9.17) is 4.74 Å². The topological polar surface area (TPSA) is 77.3 Å². The van der Waals surface area contributed by atoms with E-state index in [2.05, 4.69) is 10.3 Å². The molecule has 1 atom stereocenters. The van der Waals surface area contributed by atoms with Gasteiger partial charge < -0.3 is 10.1 Å². The molecule has 1 fully saturated rings. The van der Waals surface area contributed by atoms with E-state index in [0.29, 0.717) is 18.5 Å². The number of rotatable bonds is 6. The highest BCUT2D eigenvalue weighted by molar-refractivity contribution is 5.85. The molecule has 2 heterocycles. The number of nitro groups is 1. The summed E-state index contributed by atoms with van der Waals surface area (Å²) >= 11 is 0. The van der Waals surface area contributed by atoms with Crippen LogP contribution < -0.4 is 10.1 Å². The van der Waals surface area contributed by atoms with Crippen molar-refractivity contribution in [3.05, 3.63) is 28.4 Å². The van der Waals surface area contributed by atoms with Gasteiger partial charge >= 0.3 is 0 Å². The first-order chi connectivity index (χ1) is 9.25. The van der Waals surface area contributed by atoms with Crippen LogP contribution in [0.3, 0.4) is 0 Å². The fourth-order valence-electron chi connectivity index (χ4n) is 2.24. The van der Waals surface area contributed by atoms with Gasteiger partial charge in [0.25, 0.3) is 5.69 Å². The predicted octanol–water partition coefficient (Wildman–Crippen LogP) is 2.71. The van der Waals surface area contributed by atoms with E-state index in [1.54, 1.807) is 0 Å². The van der Waals surface area contributed by atoms with Gasteiger partial charge in [0.05, 0.1) is 11.5 Å². The minimum atomic E-state index is -0.467. The van der Waals surface area contributed by atoms with Crippen LogP contribution in [0.2, 0.25) is 0 Å². The first-order valence-corrected chi connectivity index (χ1v) is 6.72. The smallest absolute Gasteiger partial charge is 0.287 e. The molecule has 0 radical (unpaired) electrons. The molecule has 1 saturated heterocycles. The van der Waals surface area contributed by atoms with E-state index in [0.717, 1.165) is 19.4 Å². The number of nitrogens with one attached hydrogen (secondary N) is 1. The number of nitrogens with zero attached hydrogens (tertiary/aromatic N) is 2. The number of halogens is 1. The molecular weight excluding hydrogens is 282 g/mol. The number of hydrogen-bond donors (Lipinski definition) is 1. The summed E-state index contributed by atoms with van der Waals surface area (Å²) in [5.41, 5.74) is -0.0150. The highest BCUT2D eigenvalue weighted by Gasteiger charge is 2.11. The van der Waals surface area contributed by atoms with Crippen LogP contribution in [0.15, 0.2) is 18.3 Å². The number of pyridine rings is 1. The van der Waals surface area contributed by atoms with Crippen LogP contribution in [0.25, 0.3) is 0 Å². The van der Waals surface area contributed by atoms with E-state index in [1.807, 2.05) is 0 Å². The molecule has 0 aromatic carbocycles. The summed E-state index contributed by atoms with van der Waals surface area (Å²) in [5, 5.41) is 14.0. The standard InChI is InChI=1S/C13H19N3O3.ClH/c17-16(18)12-6-7-13(15-10-12)19-9-3-5-11-4-1-2-8-14-11;/h6-7,10-11,14H,1-5,8-9H2;1H. The highest BCUT2D eigenvalue weighted by atomic mass is 35.5. The van der Waals surface area contributed by atoms with Crippen molar-refractivity contribution in [2.75, 3.05) is 13.2 Å². The van der Waals surface area contributed by atoms with Crippen molar-refractivity contribution in [2.24, 2.45) is 0 Å². The van der Waals surface area contributed by atoms with Gasteiger partial charge in [-0.3, -0.25) is 10.1 Å². The minimum absolute atomic E-state index is 0. The molecule has 1 aliphatic rings. The molecule has 20 heavy (non-hydrogen) atoms. The molecule has 1 aromatic rings. The Hall–Kier alpha value is -1.40. The zero-order chi connectivity index (χ0) is 13.5. The summed E-state index contributed by atoms with van der Waals surface area (Å²) in [5.74, 6) is 0.446. The average Bonchev–Trinajstić information content (AvgIpc) is 2.45. The molecule has 1 N–H and O–H groups in total. The molecule has 112 valence electrons. The maximum absolute atomic E-state index is 10.5. The van der Waals surface area contributed by atoms with Crippen LogP contribution in [0, 0.1) is 10.1 Å². The molecule has 0 saturated carbocycles. The molecule has 1 unspecified atom stereocenters. The Bertz CT molecular complexity index is 408. The van der Waals surface area contributed by atoms with E-state index < -0.39 is 4.92 Å². The van der Waals surface area contributed by atoms with Gasteiger partial charge in [-0.25, -0.2) is 4.98 Å². The largest absolute Gasteiger partial charge is 0.478 e. The molecule has 0 bridgehead atoms. The Labute approximate surface area is 124 Å². The SMILES string of the molecule is Cl.O=[N+]([O-])c1ccc(OCCCC2CCCCN2)nc1. The highest BCUT2D eigenvalue weighted by Crippen LogP contribution is 2.15. The van der Waals surface area contributed by atoms with Crippen LogP contribution in [0.4, 0.5) is 5.69 Å². The van der Waals surface area contributed by atoms with E-state index in [9.17, 15) is 10.1 Å². The quantitative estimate of drug-likeness (QED) is 0.496. The van der Waals surface area contributed by atoms with Crippen molar-refractivity contribution in [3.8, 4) is 5.88 Å². The van der Waals surface area contributed by atoms with Crippen molar-refractivity contribution in [1.29, 1.82) is 0 Å². The molecule has 7 heteroatoms. The lowest BCUT2D eigenvalue weighted by Gasteiger charge is -2.23. The van der Waals surface area contributed by atoms with Gasteiger partial charge in [-0.2, -0.15) is 0 Å². The Morgan fingerprint density at radius 1 is 1.45 bits per heavy atom. The lowest BCUT2D eigenvalue weighted by Crippen LogP contribution is -2.34. The molecule has 2 rings (SSSR count). The second-order valence-electron chi connectivity index (χ2n) is 4.75. The van der Waals surface area contributed by atoms with Crippen molar-refractivity contribution in [2.45, 2.75) is 38.1 Å². The monoisotopic (exact) mass is 301 g/mol. The van der Waals surface area contributed by atoms with Crippen LogP contribution in [-0.2, 0) is 0 Å². The summed E-state index contributed by atoms with van der Waals surface area (Å²) < 4.78 is 5.47. The zero-order valence-corrected chi connectivity index (χ0v) is 12.1. The summed E-state index contributed by atoms with van der Waals surface area (Å²) in [6.07, 6.45) is 7.12. The second-order valence-corrected chi connectivity index (χ2v) is 4.75. The van der Waals surface area contributed by atoms with Crippen molar-refractivity contribution < 1.29 is 9.66 Å². The number of hydrogen-bond acceptors (Lipinski definition) is 5. The molecule has 1 aliphatic heterocycles. The molecule has 1 aromatic heterocycles. The predicted molar refractivity (Wildman–Crippen MR) is 78.5 cm³/mol. The van der Waals surface area contributed by atoms with E-state index >= 15 is 0 Å². The first kappa shape index (κ1) is 16.7. The Morgan fingerprint density at radius 3 is 2.90 bits per heavy atom. The third kappa shape index (κ3) is 5.30. The van der Waals surface area contributed by atoms with Gasteiger partial charge in [0.2, 0.25) is 5.88 Å². The molecule has 6 nitrogen and oxygen atoms in total. The summed E-state index contributed by atoms with van der Waals surface area (Å²) in [4.78, 5) is 13.9.